The molecule has 0 aliphatic heterocycles. The molecule has 0 aromatic heterocycles. The van der Waals surface area contributed by atoms with Crippen molar-refractivity contribution in [3.05, 3.63) is 127 Å². The van der Waals surface area contributed by atoms with Crippen LogP contribution in [-0.4, -0.2) is 12.3 Å². The maximum Gasteiger partial charge on any atom is 0.0166 e. The van der Waals surface area contributed by atoms with Gasteiger partial charge in [-0.3, -0.25) is 0 Å². The van der Waals surface area contributed by atoms with Crippen LogP contribution in [0.4, 0.5) is 0 Å². The second-order valence-electron chi connectivity index (χ2n) is 7.70. The monoisotopic (exact) mass is 678 g/mol. The van der Waals surface area contributed by atoms with E-state index in [2.05, 4.69) is 154 Å². The zero-order chi connectivity index (χ0) is 22.2. The van der Waals surface area contributed by atoms with Gasteiger partial charge in [-0.15, -0.1) is 0 Å². The van der Waals surface area contributed by atoms with Crippen molar-refractivity contribution >= 4 is 71.6 Å². The summed E-state index contributed by atoms with van der Waals surface area (Å²) in [5.41, 5.74) is 2.98. The van der Waals surface area contributed by atoms with Crippen molar-refractivity contribution in [2.75, 3.05) is 12.3 Å². The van der Waals surface area contributed by atoms with E-state index in [9.17, 15) is 0 Å². The van der Waals surface area contributed by atoms with Gasteiger partial charge in [-0.1, -0.05) is 113 Å². The van der Waals surface area contributed by atoms with E-state index >= 15 is 0 Å². The van der Waals surface area contributed by atoms with Crippen molar-refractivity contribution in [3.63, 3.8) is 0 Å². The van der Waals surface area contributed by atoms with Crippen LogP contribution < -0.4 is 10.6 Å². The van der Waals surface area contributed by atoms with Crippen molar-refractivity contribution in [3.8, 4) is 0 Å². The molecule has 0 aliphatic rings. The van der Waals surface area contributed by atoms with Gasteiger partial charge in [0.25, 0.3) is 0 Å². The molecular formula is C28H26I2P2. The van der Waals surface area contributed by atoms with Gasteiger partial charge in [0.2, 0.25) is 0 Å². The van der Waals surface area contributed by atoms with E-state index in [1.54, 1.807) is 0 Å². The normalized spacial score (nSPS) is 12.9. The maximum absolute atomic E-state index is 2.50. The van der Waals surface area contributed by atoms with Gasteiger partial charge in [-0.05, 0) is 104 Å². The van der Waals surface area contributed by atoms with Gasteiger partial charge >= 0.3 is 0 Å². The lowest BCUT2D eigenvalue weighted by molar-refractivity contribution is 1.31. The Balaban J connectivity index is 1.58. The molecule has 2 unspecified atom stereocenters. The molecule has 32 heavy (non-hydrogen) atoms. The predicted molar refractivity (Wildman–Crippen MR) is 161 cm³/mol. The molecule has 0 aliphatic carbocycles. The van der Waals surface area contributed by atoms with E-state index < -0.39 is 0 Å². The zero-order valence-corrected chi connectivity index (χ0v) is 24.0. The van der Waals surface area contributed by atoms with Crippen LogP contribution in [0.25, 0.3) is 0 Å². The Morgan fingerprint density at radius 3 is 1.16 bits per heavy atom. The van der Waals surface area contributed by atoms with Crippen molar-refractivity contribution in [2.45, 2.75) is 12.3 Å². The Morgan fingerprint density at radius 2 is 0.781 bits per heavy atom. The van der Waals surface area contributed by atoms with Gasteiger partial charge in [0, 0.05) is 7.14 Å². The summed E-state index contributed by atoms with van der Waals surface area (Å²) in [6, 6.07) is 40.2. The van der Waals surface area contributed by atoms with E-state index in [1.165, 1.54) is 53.5 Å². The van der Waals surface area contributed by atoms with Crippen molar-refractivity contribution in [1.82, 2.24) is 0 Å². The van der Waals surface area contributed by atoms with E-state index in [1.807, 2.05) is 0 Å². The number of hydrogen-bond acceptors (Lipinski definition) is 0. The molecule has 0 nitrogen and oxygen atoms in total. The molecule has 0 radical (unpaired) electrons. The third kappa shape index (κ3) is 6.86. The van der Waals surface area contributed by atoms with Crippen molar-refractivity contribution in [2.24, 2.45) is 0 Å². The molecule has 4 aromatic rings. The minimum Gasteiger partial charge on any atom is -0.0704 e. The van der Waals surface area contributed by atoms with Crippen molar-refractivity contribution in [1.29, 1.82) is 0 Å². The van der Waals surface area contributed by atoms with E-state index in [4.69, 9.17) is 0 Å². The van der Waals surface area contributed by atoms with Gasteiger partial charge in [0.15, 0.2) is 0 Å². The van der Waals surface area contributed by atoms with Crippen LogP contribution >= 0.6 is 61.0 Å². The molecule has 4 heteroatoms. The average molecular weight is 678 g/mol. The van der Waals surface area contributed by atoms with Crippen LogP contribution in [0.3, 0.4) is 0 Å². The molecule has 4 rings (SSSR count). The number of benzene rings is 4. The summed E-state index contributed by atoms with van der Waals surface area (Å²) in [7, 11) is -0.488. The summed E-state index contributed by atoms with van der Waals surface area (Å²) in [4.78, 5) is 0. The molecule has 0 saturated carbocycles. The fourth-order valence-electron chi connectivity index (χ4n) is 3.78. The van der Waals surface area contributed by atoms with Gasteiger partial charge in [0.1, 0.15) is 0 Å². The fraction of sp³-hybridized carbons (Fsp3) is 0.143. The SMILES string of the molecule is Ic1ccccc1CP(CCP(Cc1ccccc1I)c1ccccc1)c1ccccc1. The van der Waals surface area contributed by atoms with Crippen LogP contribution in [0, 0.1) is 7.14 Å². The smallest absolute Gasteiger partial charge is 0.0166 e. The molecule has 0 bridgehead atoms. The highest BCUT2D eigenvalue weighted by molar-refractivity contribution is 14.1. The standard InChI is InChI=1S/C28H26I2P2/c29-27-17-9-7-11-23(27)21-31(25-13-3-1-4-14-25)19-20-32(26-15-5-2-6-16-26)22-24-12-8-10-18-28(24)30/h1-18H,19-22H2. The Bertz CT molecular complexity index is 1030. The van der Waals surface area contributed by atoms with Crippen LogP contribution in [0.15, 0.2) is 109 Å². The molecule has 0 amide bonds. The first-order valence-electron chi connectivity index (χ1n) is 10.8. The molecule has 0 saturated heterocycles. The molecule has 0 heterocycles. The largest absolute Gasteiger partial charge is 0.0704 e. The van der Waals surface area contributed by atoms with Gasteiger partial charge in [0.05, 0.1) is 0 Å². The number of hydrogen-bond donors (Lipinski definition) is 0. The summed E-state index contributed by atoms with van der Waals surface area (Å²) >= 11 is 4.99. The molecular weight excluding hydrogens is 652 g/mol. The zero-order valence-electron chi connectivity index (χ0n) is 17.9. The van der Waals surface area contributed by atoms with Crippen molar-refractivity contribution < 1.29 is 0 Å². The molecule has 0 spiro atoms. The Morgan fingerprint density at radius 1 is 0.438 bits per heavy atom. The summed E-state index contributed by atoms with van der Waals surface area (Å²) in [5.74, 6) is 0. The maximum atomic E-state index is 2.50. The second kappa shape index (κ2) is 12.6. The first-order valence-corrected chi connectivity index (χ1v) is 16.4. The van der Waals surface area contributed by atoms with Crippen LogP contribution in [0.2, 0.25) is 0 Å². The average Bonchev–Trinajstić information content (AvgIpc) is 2.84. The van der Waals surface area contributed by atoms with E-state index in [0.29, 0.717) is 0 Å². The lowest BCUT2D eigenvalue weighted by Crippen LogP contribution is -2.12. The molecule has 162 valence electrons. The lowest BCUT2D eigenvalue weighted by atomic mass is 10.2. The molecule has 2 atom stereocenters. The third-order valence-corrected chi connectivity index (χ3v) is 13.0. The van der Waals surface area contributed by atoms with Gasteiger partial charge < -0.3 is 0 Å². The Labute approximate surface area is 222 Å². The summed E-state index contributed by atoms with van der Waals surface area (Å²) in [6.07, 6.45) is 4.88. The van der Waals surface area contributed by atoms with E-state index in [-0.39, 0.29) is 15.8 Å². The summed E-state index contributed by atoms with van der Waals surface area (Å²) in [5, 5.41) is 3.05. The Kier molecular flexibility index (Phi) is 9.58. The van der Waals surface area contributed by atoms with Crippen LogP contribution in [0.1, 0.15) is 11.1 Å². The van der Waals surface area contributed by atoms with E-state index in [0.717, 1.165) is 0 Å². The summed E-state index contributed by atoms with van der Waals surface area (Å²) in [6.45, 7) is 0. The molecule has 4 aromatic carbocycles. The minimum absolute atomic E-state index is 0.244. The highest BCUT2D eigenvalue weighted by Crippen LogP contribution is 2.46. The minimum atomic E-state index is -0.244. The highest BCUT2D eigenvalue weighted by Gasteiger charge is 2.18. The van der Waals surface area contributed by atoms with Gasteiger partial charge in [-0.25, -0.2) is 0 Å². The number of halogens is 2. The second-order valence-corrected chi connectivity index (χ2v) is 14.7. The highest BCUT2D eigenvalue weighted by atomic mass is 127. The third-order valence-electron chi connectivity index (χ3n) is 5.52. The number of rotatable bonds is 9. The fourth-order valence-corrected chi connectivity index (χ4v) is 11.2. The van der Waals surface area contributed by atoms with Gasteiger partial charge in [-0.2, -0.15) is 0 Å². The topological polar surface area (TPSA) is 0 Å². The first-order chi connectivity index (χ1) is 15.7. The molecule has 0 N–H and O–H groups in total. The molecule has 0 fully saturated rings. The van der Waals surface area contributed by atoms with Crippen LogP contribution in [0.5, 0.6) is 0 Å². The quantitative estimate of drug-likeness (QED) is 0.124. The summed E-state index contributed by atoms with van der Waals surface area (Å²) < 4.78 is 2.77. The first kappa shape index (κ1) is 24.3. The lowest BCUT2D eigenvalue weighted by Gasteiger charge is -2.24. The Hall–Kier alpha value is -0.800. The van der Waals surface area contributed by atoms with Crippen LogP contribution in [-0.2, 0) is 12.3 Å². The predicted octanol–water partition coefficient (Wildman–Crippen LogP) is 8.21.